The van der Waals surface area contributed by atoms with Crippen LogP contribution in [-0.4, -0.2) is 15.5 Å². The lowest BCUT2D eigenvalue weighted by atomic mass is 10.1. The molecule has 4 aromatic rings. The van der Waals surface area contributed by atoms with Gasteiger partial charge >= 0.3 is 0 Å². The van der Waals surface area contributed by atoms with Gasteiger partial charge in [0.25, 0.3) is 5.91 Å². The summed E-state index contributed by atoms with van der Waals surface area (Å²) < 4.78 is 7.95. The van der Waals surface area contributed by atoms with Crippen LogP contribution < -0.4 is 5.32 Å². The standard InChI is InChI=1S/C21H18BrN3O2/c1-25-17-8-3-2-7-16(17)24-20(25)12-9-14-5-4-6-15(13-14)23-21(26)18-10-11-19(22)27-18/h2-8,10-11,13H,9,12H2,1H3,(H,23,26). The Hall–Kier alpha value is -2.86. The summed E-state index contributed by atoms with van der Waals surface area (Å²) in [5.74, 6) is 1.05. The molecular formula is C21H18BrN3O2. The molecule has 0 aliphatic heterocycles. The van der Waals surface area contributed by atoms with Crippen molar-refractivity contribution in [3.8, 4) is 0 Å². The smallest absolute Gasteiger partial charge is 0.291 e. The highest BCUT2D eigenvalue weighted by molar-refractivity contribution is 9.10. The Morgan fingerprint density at radius 1 is 1.11 bits per heavy atom. The molecule has 0 bridgehead atoms. The van der Waals surface area contributed by atoms with Crippen molar-refractivity contribution in [2.45, 2.75) is 12.8 Å². The first kappa shape index (κ1) is 17.5. The highest BCUT2D eigenvalue weighted by Gasteiger charge is 2.11. The topological polar surface area (TPSA) is 60.1 Å². The number of carbonyl (C=O) groups excluding carboxylic acids is 1. The normalized spacial score (nSPS) is 11.0. The molecule has 1 amide bonds. The summed E-state index contributed by atoms with van der Waals surface area (Å²) in [4.78, 5) is 16.9. The summed E-state index contributed by atoms with van der Waals surface area (Å²) in [6.45, 7) is 0. The van der Waals surface area contributed by atoms with Gasteiger partial charge in [-0.25, -0.2) is 4.98 Å². The second-order valence-corrected chi connectivity index (χ2v) is 7.12. The number of fused-ring (bicyclic) bond motifs is 1. The van der Waals surface area contributed by atoms with Gasteiger partial charge in [0.05, 0.1) is 11.0 Å². The molecule has 136 valence electrons. The number of rotatable bonds is 5. The SMILES string of the molecule is Cn1c(CCc2cccc(NC(=O)c3ccc(Br)o3)c2)nc2ccccc21. The summed E-state index contributed by atoms with van der Waals surface area (Å²) in [6, 6.07) is 19.3. The van der Waals surface area contributed by atoms with Crippen molar-refractivity contribution >= 4 is 38.6 Å². The van der Waals surface area contributed by atoms with Crippen molar-refractivity contribution in [1.82, 2.24) is 9.55 Å². The van der Waals surface area contributed by atoms with Crippen LogP contribution in [0.3, 0.4) is 0 Å². The highest BCUT2D eigenvalue weighted by atomic mass is 79.9. The second kappa shape index (κ2) is 7.40. The van der Waals surface area contributed by atoms with E-state index in [0.717, 1.165) is 41.0 Å². The van der Waals surface area contributed by atoms with E-state index in [1.807, 2.05) is 43.4 Å². The molecule has 27 heavy (non-hydrogen) atoms. The van der Waals surface area contributed by atoms with Crippen LogP contribution in [-0.2, 0) is 19.9 Å². The van der Waals surface area contributed by atoms with E-state index in [1.165, 1.54) is 0 Å². The summed E-state index contributed by atoms with van der Waals surface area (Å²) in [5, 5.41) is 2.87. The first-order chi connectivity index (χ1) is 13.1. The lowest BCUT2D eigenvalue weighted by Crippen LogP contribution is -2.11. The molecule has 2 aromatic carbocycles. The summed E-state index contributed by atoms with van der Waals surface area (Å²) >= 11 is 3.20. The van der Waals surface area contributed by atoms with Crippen molar-refractivity contribution < 1.29 is 9.21 Å². The molecule has 0 radical (unpaired) electrons. The van der Waals surface area contributed by atoms with Crippen LogP contribution in [0.1, 0.15) is 21.9 Å². The van der Waals surface area contributed by atoms with Crippen LogP contribution in [0.15, 0.2) is 69.8 Å². The number of aryl methyl sites for hydroxylation is 3. The molecule has 2 heterocycles. The fourth-order valence-corrected chi connectivity index (χ4v) is 3.42. The zero-order valence-electron chi connectivity index (χ0n) is 14.8. The molecule has 2 aromatic heterocycles. The van der Waals surface area contributed by atoms with Crippen molar-refractivity contribution in [1.29, 1.82) is 0 Å². The van der Waals surface area contributed by atoms with Crippen molar-refractivity contribution in [2.24, 2.45) is 7.05 Å². The van der Waals surface area contributed by atoms with Gasteiger partial charge in [-0.2, -0.15) is 0 Å². The molecule has 5 nitrogen and oxygen atoms in total. The van der Waals surface area contributed by atoms with E-state index >= 15 is 0 Å². The Kier molecular flexibility index (Phi) is 4.81. The van der Waals surface area contributed by atoms with Crippen LogP contribution in [0.5, 0.6) is 0 Å². The minimum Gasteiger partial charge on any atom is -0.444 e. The number of furan rings is 1. The number of benzene rings is 2. The van der Waals surface area contributed by atoms with Crippen molar-refractivity contribution in [3.05, 3.63) is 82.5 Å². The fraction of sp³-hybridized carbons (Fsp3) is 0.143. The maximum absolute atomic E-state index is 12.2. The quantitative estimate of drug-likeness (QED) is 0.492. The third kappa shape index (κ3) is 3.80. The van der Waals surface area contributed by atoms with Gasteiger partial charge in [0.2, 0.25) is 0 Å². The lowest BCUT2D eigenvalue weighted by molar-refractivity contribution is 0.0995. The lowest BCUT2D eigenvalue weighted by Gasteiger charge is -2.07. The maximum atomic E-state index is 12.2. The number of anilines is 1. The maximum Gasteiger partial charge on any atom is 0.291 e. The molecular weight excluding hydrogens is 406 g/mol. The van der Waals surface area contributed by atoms with Gasteiger partial charge in [0.1, 0.15) is 5.82 Å². The van der Waals surface area contributed by atoms with Crippen LogP contribution >= 0.6 is 15.9 Å². The highest BCUT2D eigenvalue weighted by Crippen LogP contribution is 2.19. The molecule has 0 aliphatic carbocycles. The van der Waals surface area contributed by atoms with Gasteiger partial charge in [0, 0.05) is 19.2 Å². The monoisotopic (exact) mass is 423 g/mol. The minimum absolute atomic E-state index is 0.270. The first-order valence-corrected chi connectivity index (χ1v) is 9.45. The second-order valence-electron chi connectivity index (χ2n) is 6.33. The Bertz CT molecular complexity index is 1110. The van der Waals surface area contributed by atoms with Crippen molar-refractivity contribution in [3.63, 3.8) is 0 Å². The predicted octanol–water partition coefficient (Wildman–Crippen LogP) is 4.97. The summed E-state index contributed by atoms with van der Waals surface area (Å²) in [7, 11) is 2.04. The van der Waals surface area contributed by atoms with Gasteiger partial charge in [-0.05, 0) is 64.3 Å². The van der Waals surface area contributed by atoms with E-state index in [9.17, 15) is 4.79 Å². The summed E-state index contributed by atoms with van der Waals surface area (Å²) in [6.07, 6.45) is 1.67. The molecule has 4 rings (SSSR count). The van der Waals surface area contributed by atoms with Crippen LogP contribution in [0.4, 0.5) is 5.69 Å². The van der Waals surface area contributed by atoms with E-state index in [4.69, 9.17) is 9.40 Å². The number of para-hydroxylation sites is 2. The van der Waals surface area contributed by atoms with E-state index in [2.05, 4.69) is 37.9 Å². The van der Waals surface area contributed by atoms with Gasteiger partial charge in [-0.3, -0.25) is 4.79 Å². The molecule has 0 saturated carbocycles. The number of hydrogen-bond donors (Lipinski definition) is 1. The van der Waals surface area contributed by atoms with E-state index in [-0.39, 0.29) is 11.7 Å². The number of nitrogens with zero attached hydrogens (tertiary/aromatic N) is 2. The minimum atomic E-state index is -0.270. The Balaban J connectivity index is 1.46. The van der Waals surface area contributed by atoms with E-state index in [0.29, 0.717) is 4.67 Å². The molecule has 0 fully saturated rings. The molecule has 1 N–H and O–H groups in total. The largest absolute Gasteiger partial charge is 0.444 e. The molecule has 0 atom stereocenters. The predicted molar refractivity (Wildman–Crippen MR) is 109 cm³/mol. The molecule has 6 heteroatoms. The van der Waals surface area contributed by atoms with Gasteiger partial charge in [-0.1, -0.05) is 24.3 Å². The van der Waals surface area contributed by atoms with Crippen LogP contribution in [0.2, 0.25) is 0 Å². The van der Waals surface area contributed by atoms with Gasteiger partial charge < -0.3 is 14.3 Å². The number of nitrogens with one attached hydrogen (secondary N) is 1. The molecule has 0 aliphatic rings. The number of carbonyl (C=O) groups is 1. The fourth-order valence-electron chi connectivity index (χ4n) is 3.11. The van der Waals surface area contributed by atoms with Crippen LogP contribution in [0.25, 0.3) is 11.0 Å². The van der Waals surface area contributed by atoms with E-state index < -0.39 is 0 Å². The first-order valence-electron chi connectivity index (χ1n) is 8.66. The Labute approximate surface area is 165 Å². The zero-order chi connectivity index (χ0) is 18.8. The zero-order valence-corrected chi connectivity index (χ0v) is 16.4. The number of imidazole rings is 1. The van der Waals surface area contributed by atoms with Crippen molar-refractivity contribution in [2.75, 3.05) is 5.32 Å². The molecule has 0 saturated heterocycles. The summed E-state index contributed by atoms with van der Waals surface area (Å²) in [5.41, 5.74) is 4.04. The Morgan fingerprint density at radius 3 is 2.74 bits per heavy atom. The number of halogens is 1. The number of hydrogen-bond acceptors (Lipinski definition) is 3. The Morgan fingerprint density at radius 2 is 1.96 bits per heavy atom. The number of amides is 1. The third-order valence-electron chi connectivity index (χ3n) is 4.50. The average molecular weight is 424 g/mol. The average Bonchev–Trinajstić information content (AvgIpc) is 3.24. The molecule has 0 unspecified atom stereocenters. The number of aromatic nitrogens is 2. The van der Waals surface area contributed by atoms with Gasteiger partial charge in [0.15, 0.2) is 10.4 Å². The third-order valence-corrected chi connectivity index (χ3v) is 4.93. The molecule has 0 spiro atoms. The van der Waals surface area contributed by atoms with Gasteiger partial charge in [-0.15, -0.1) is 0 Å². The van der Waals surface area contributed by atoms with E-state index in [1.54, 1.807) is 12.1 Å². The van der Waals surface area contributed by atoms with Crippen LogP contribution in [0, 0.1) is 0 Å².